The Balaban J connectivity index is 2.37. The predicted octanol–water partition coefficient (Wildman–Crippen LogP) is 2.60. The normalized spacial score (nSPS) is 11.8. The molecule has 0 fully saturated rings. The van der Waals surface area contributed by atoms with Gasteiger partial charge in [-0.2, -0.15) is 0 Å². The molecule has 4 heteroatoms. The fraction of sp³-hybridized carbons (Fsp3) is 0.188. The lowest BCUT2D eigenvalue weighted by atomic mass is 10.00. The van der Waals surface area contributed by atoms with Gasteiger partial charge in [-0.15, -0.1) is 0 Å². The van der Waals surface area contributed by atoms with Crippen LogP contribution in [0.25, 0.3) is 0 Å². The van der Waals surface area contributed by atoms with E-state index in [0.29, 0.717) is 28.2 Å². The number of hydrogen-bond donors (Lipinski definition) is 1. The molecule has 0 radical (unpaired) electrons. The van der Waals surface area contributed by atoms with E-state index >= 15 is 0 Å². The first-order valence-corrected chi connectivity index (χ1v) is 6.14. The summed E-state index contributed by atoms with van der Waals surface area (Å²) in [5, 5.41) is 10.4. The van der Waals surface area contributed by atoms with Crippen molar-refractivity contribution in [3.05, 3.63) is 59.2 Å². The van der Waals surface area contributed by atoms with E-state index in [9.17, 15) is 9.90 Å². The third kappa shape index (κ3) is 2.81. The van der Waals surface area contributed by atoms with Crippen molar-refractivity contribution in [3.8, 4) is 11.5 Å². The maximum Gasteiger partial charge on any atom is 0.153 e. The molecule has 0 aromatic heterocycles. The summed E-state index contributed by atoms with van der Waals surface area (Å²) in [7, 11) is 3.07. The fourth-order valence-corrected chi connectivity index (χ4v) is 2.00. The van der Waals surface area contributed by atoms with Gasteiger partial charge in [0.1, 0.15) is 17.6 Å². The minimum Gasteiger partial charge on any atom is -0.497 e. The summed E-state index contributed by atoms with van der Waals surface area (Å²) in [5.41, 5.74) is 1.82. The first-order valence-electron chi connectivity index (χ1n) is 6.14. The molecule has 0 saturated carbocycles. The lowest BCUT2D eigenvalue weighted by Crippen LogP contribution is -2.01. The van der Waals surface area contributed by atoms with Crippen molar-refractivity contribution in [1.29, 1.82) is 0 Å². The van der Waals surface area contributed by atoms with Crippen LogP contribution in [0.2, 0.25) is 0 Å². The van der Waals surface area contributed by atoms with Crippen LogP contribution >= 0.6 is 0 Å². The third-order valence-corrected chi connectivity index (χ3v) is 3.11. The molecule has 0 spiro atoms. The van der Waals surface area contributed by atoms with Gasteiger partial charge in [-0.05, 0) is 35.4 Å². The number of ether oxygens (including phenoxy) is 2. The number of aliphatic hydroxyl groups excluding tert-OH is 1. The van der Waals surface area contributed by atoms with Gasteiger partial charge in [0.05, 0.1) is 19.8 Å². The minimum absolute atomic E-state index is 0.444. The van der Waals surface area contributed by atoms with E-state index in [1.165, 1.54) is 7.11 Å². The van der Waals surface area contributed by atoms with E-state index in [1.807, 2.05) is 18.2 Å². The highest BCUT2D eigenvalue weighted by Crippen LogP contribution is 2.28. The molecule has 20 heavy (non-hydrogen) atoms. The molecule has 2 aromatic carbocycles. The molecule has 0 saturated heterocycles. The quantitative estimate of drug-likeness (QED) is 0.850. The van der Waals surface area contributed by atoms with Crippen LogP contribution < -0.4 is 9.47 Å². The lowest BCUT2D eigenvalue weighted by molar-refractivity contribution is 0.112. The highest BCUT2D eigenvalue weighted by atomic mass is 16.5. The summed E-state index contributed by atoms with van der Waals surface area (Å²) >= 11 is 0. The molecular weight excluding hydrogens is 256 g/mol. The summed E-state index contributed by atoms with van der Waals surface area (Å²) in [6.07, 6.45) is -0.0831. The van der Waals surface area contributed by atoms with Gasteiger partial charge in [-0.3, -0.25) is 4.79 Å². The number of rotatable bonds is 5. The first kappa shape index (κ1) is 14.1. The smallest absolute Gasteiger partial charge is 0.153 e. The summed E-state index contributed by atoms with van der Waals surface area (Å²) in [4.78, 5) is 10.9. The highest BCUT2D eigenvalue weighted by molar-refractivity contribution is 5.79. The fourth-order valence-electron chi connectivity index (χ4n) is 2.00. The van der Waals surface area contributed by atoms with Crippen LogP contribution in [0.3, 0.4) is 0 Å². The Morgan fingerprint density at radius 2 is 1.80 bits per heavy atom. The molecule has 4 nitrogen and oxygen atoms in total. The Hall–Kier alpha value is -2.33. The van der Waals surface area contributed by atoms with Gasteiger partial charge in [0.15, 0.2) is 6.29 Å². The van der Waals surface area contributed by atoms with Gasteiger partial charge in [0, 0.05) is 0 Å². The highest BCUT2D eigenvalue weighted by Gasteiger charge is 2.13. The Morgan fingerprint density at radius 1 is 1.05 bits per heavy atom. The van der Waals surface area contributed by atoms with Gasteiger partial charge >= 0.3 is 0 Å². The molecule has 104 valence electrons. The average molecular weight is 272 g/mol. The molecule has 0 bridgehead atoms. The number of aliphatic hydroxyl groups is 1. The topological polar surface area (TPSA) is 55.8 Å². The molecule has 0 aliphatic heterocycles. The predicted molar refractivity (Wildman–Crippen MR) is 75.4 cm³/mol. The number of hydrogen-bond acceptors (Lipinski definition) is 4. The van der Waals surface area contributed by atoms with Crippen molar-refractivity contribution < 1.29 is 19.4 Å². The second-order valence-corrected chi connectivity index (χ2v) is 4.30. The molecule has 1 atom stereocenters. The second kappa shape index (κ2) is 6.21. The molecule has 0 aliphatic rings. The number of carbonyl (C=O) groups is 1. The molecule has 2 rings (SSSR count). The molecule has 1 unspecified atom stereocenters. The van der Waals surface area contributed by atoms with Gasteiger partial charge in [0.2, 0.25) is 0 Å². The van der Waals surface area contributed by atoms with Crippen molar-refractivity contribution in [1.82, 2.24) is 0 Å². The maximum absolute atomic E-state index is 10.9. The van der Waals surface area contributed by atoms with Crippen LogP contribution in [-0.2, 0) is 0 Å². The van der Waals surface area contributed by atoms with Crippen molar-refractivity contribution >= 4 is 6.29 Å². The molecule has 0 heterocycles. The van der Waals surface area contributed by atoms with Crippen molar-refractivity contribution in [3.63, 3.8) is 0 Å². The van der Waals surface area contributed by atoms with Gasteiger partial charge < -0.3 is 14.6 Å². The average Bonchev–Trinajstić information content (AvgIpc) is 2.53. The largest absolute Gasteiger partial charge is 0.497 e. The standard InChI is InChI=1S/C16H16O4/c1-19-14-5-3-4-11(8-14)16(18)12-6-7-13(10-17)15(9-12)20-2/h3-10,16,18H,1-2H3. The van der Waals surface area contributed by atoms with Crippen LogP contribution in [-0.4, -0.2) is 25.6 Å². The lowest BCUT2D eigenvalue weighted by Gasteiger charge is -2.14. The van der Waals surface area contributed by atoms with Gasteiger partial charge in [-0.25, -0.2) is 0 Å². The van der Waals surface area contributed by atoms with Crippen LogP contribution in [0, 0.1) is 0 Å². The number of aldehydes is 1. The zero-order valence-corrected chi connectivity index (χ0v) is 11.4. The minimum atomic E-state index is -0.806. The van der Waals surface area contributed by atoms with Crippen molar-refractivity contribution in [2.24, 2.45) is 0 Å². The third-order valence-electron chi connectivity index (χ3n) is 3.11. The van der Waals surface area contributed by atoms with Crippen molar-refractivity contribution in [2.45, 2.75) is 6.10 Å². The Kier molecular flexibility index (Phi) is 4.38. The summed E-state index contributed by atoms with van der Waals surface area (Å²) in [5.74, 6) is 1.12. The number of methoxy groups -OCH3 is 2. The zero-order valence-electron chi connectivity index (χ0n) is 11.4. The van der Waals surface area contributed by atoms with Crippen LogP contribution in [0.4, 0.5) is 0 Å². The van der Waals surface area contributed by atoms with Gasteiger partial charge in [0.25, 0.3) is 0 Å². The van der Waals surface area contributed by atoms with E-state index in [0.717, 1.165) is 6.29 Å². The van der Waals surface area contributed by atoms with Crippen molar-refractivity contribution in [2.75, 3.05) is 14.2 Å². The van der Waals surface area contributed by atoms with E-state index in [1.54, 1.807) is 31.4 Å². The number of carbonyl (C=O) groups excluding carboxylic acids is 1. The Bertz CT molecular complexity index is 607. The zero-order chi connectivity index (χ0) is 14.5. The summed E-state index contributed by atoms with van der Waals surface area (Å²) < 4.78 is 10.3. The molecular formula is C16H16O4. The monoisotopic (exact) mass is 272 g/mol. The van der Waals surface area contributed by atoms with E-state index in [-0.39, 0.29) is 0 Å². The number of benzene rings is 2. The Morgan fingerprint density at radius 3 is 2.45 bits per heavy atom. The van der Waals surface area contributed by atoms with Gasteiger partial charge in [-0.1, -0.05) is 18.2 Å². The van der Waals surface area contributed by atoms with Crippen LogP contribution in [0.15, 0.2) is 42.5 Å². The van der Waals surface area contributed by atoms with Crippen LogP contribution in [0.5, 0.6) is 11.5 Å². The second-order valence-electron chi connectivity index (χ2n) is 4.30. The van der Waals surface area contributed by atoms with E-state index < -0.39 is 6.10 Å². The molecule has 2 aromatic rings. The van der Waals surface area contributed by atoms with E-state index in [4.69, 9.17) is 9.47 Å². The van der Waals surface area contributed by atoms with Crippen LogP contribution in [0.1, 0.15) is 27.6 Å². The SMILES string of the molecule is COc1cccc(C(O)c2ccc(C=O)c(OC)c2)c1. The maximum atomic E-state index is 10.9. The summed E-state index contributed by atoms with van der Waals surface area (Å²) in [6, 6.07) is 12.2. The molecule has 0 amide bonds. The summed E-state index contributed by atoms with van der Waals surface area (Å²) in [6.45, 7) is 0. The first-order chi connectivity index (χ1) is 9.69. The molecule has 1 N–H and O–H groups in total. The molecule has 0 aliphatic carbocycles. The Labute approximate surface area is 117 Å². The van der Waals surface area contributed by atoms with E-state index in [2.05, 4.69) is 0 Å².